The molecule has 1 aromatic heterocycles. The SMILES string of the molecule is CCCc1nc(C)c(C(=O)N2CCN(C(=O)CCC(C)C)CC2)s1. The van der Waals surface area contributed by atoms with Crippen LogP contribution in [-0.2, 0) is 11.2 Å². The monoisotopic (exact) mass is 351 g/mol. The van der Waals surface area contributed by atoms with Gasteiger partial charge >= 0.3 is 0 Å². The van der Waals surface area contributed by atoms with Crippen molar-refractivity contribution >= 4 is 23.2 Å². The molecular weight excluding hydrogens is 322 g/mol. The number of thiazole rings is 1. The molecule has 0 radical (unpaired) electrons. The van der Waals surface area contributed by atoms with E-state index in [4.69, 9.17) is 0 Å². The molecule has 0 aromatic carbocycles. The molecule has 1 aliphatic heterocycles. The Bertz CT molecular complexity index is 575. The van der Waals surface area contributed by atoms with Crippen LogP contribution in [0, 0.1) is 12.8 Å². The Labute approximate surface area is 149 Å². The number of carbonyl (C=O) groups is 2. The second-order valence-electron chi connectivity index (χ2n) is 6.88. The lowest BCUT2D eigenvalue weighted by Crippen LogP contribution is -2.50. The molecule has 2 heterocycles. The second-order valence-corrected chi connectivity index (χ2v) is 7.96. The predicted molar refractivity (Wildman–Crippen MR) is 97.4 cm³/mol. The minimum absolute atomic E-state index is 0.0710. The fourth-order valence-electron chi connectivity index (χ4n) is 2.84. The van der Waals surface area contributed by atoms with E-state index >= 15 is 0 Å². The van der Waals surface area contributed by atoms with Crippen molar-refractivity contribution < 1.29 is 9.59 Å². The highest BCUT2D eigenvalue weighted by Crippen LogP contribution is 2.22. The van der Waals surface area contributed by atoms with Crippen molar-refractivity contribution in [2.24, 2.45) is 5.92 Å². The van der Waals surface area contributed by atoms with Gasteiger partial charge in [0.05, 0.1) is 10.7 Å². The lowest BCUT2D eigenvalue weighted by atomic mass is 10.1. The Hall–Kier alpha value is -1.43. The molecule has 0 aliphatic carbocycles. The van der Waals surface area contributed by atoms with Crippen molar-refractivity contribution in [3.05, 3.63) is 15.6 Å². The molecule has 1 aliphatic rings. The number of amides is 2. The maximum Gasteiger partial charge on any atom is 0.265 e. The Morgan fingerprint density at radius 3 is 2.38 bits per heavy atom. The molecule has 134 valence electrons. The minimum atomic E-state index is 0.0710. The fraction of sp³-hybridized carbons (Fsp3) is 0.722. The van der Waals surface area contributed by atoms with E-state index < -0.39 is 0 Å². The van der Waals surface area contributed by atoms with Gasteiger partial charge in [0, 0.05) is 32.6 Å². The number of hydrogen-bond donors (Lipinski definition) is 0. The van der Waals surface area contributed by atoms with Gasteiger partial charge in [0.1, 0.15) is 4.88 Å². The van der Waals surface area contributed by atoms with Gasteiger partial charge in [-0.15, -0.1) is 11.3 Å². The number of aromatic nitrogens is 1. The smallest absolute Gasteiger partial charge is 0.265 e. The summed E-state index contributed by atoms with van der Waals surface area (Å²) in [6, 6.07) is 0. The molecule has 5 nitrogen and oxygen atoms in total. The second kappa shape index (κ2) is 8.60. The van der Waals surface area contributed by atoms with Crippen LogP contribution in [0.5, 0.6) is 0 Å². The van der Waals surface area contributed by atoms with Crippen LogP contribution in [0.25, 0.3) is 0 Å². The Morgan fingerprint density at radius 1 is 1.17 bits per heavy atom. The summed E-state index contributed by atoms with van der Waals surface area (Å²) >= 11 is 1.52. The van der Waals surface area contributed by atoms with Crippen LogP contribution in [0.15, 0.2) is 0 Å². The van der Waals surface area contributed by atoms with Crippen LogP contribution in [-0.4, -0.2) is 52.8 Å². The summed E-state index contributed by atoms with van der Waals surface area (Å²) in [6.07, 6.45) is 3.51. The standard InChI is InChI=1S/C18H29N3O2S/c1-5-6-15-19-14(4)17(24-15)18(23)21-11-9-20(10-12-21)16(22)8-7-13(2)3/h13H,5-12H2,1-4H3. The number of hydrogen-bond acceptors (Lipinski definition) is 4. The number of aryl methyl sites for hydroxylation is 2. The number of nitrogens with zero attached hydrogens (tertiary/aromatic N) is 3. The highest BCUT2D eigenvalue weighted by Gasteiger charge is 2.27. The van der Waals surface area contributed by atoms with Crippen LogP contribution in [0.1, 0.15) is 60.4 Å². The van der Waals surface area contributed by atoms with E-state index in [1.165, 1.54) is 11.3 Å². The molecule has 0 unspecified atom stereocenters. The van der Waals surface area contributed by atoms with Crippen molar-refractivity contribution in [3.63, 3.8) is 0 Å². The van der Waals surface area contributed by atoms with Gasteiger partial charge < -0.3 is 9.80 Å². The van der Waals surface area contributed by atoms with Gasteiger partial charge in [0.25, 0.3) is 5.91 Å². The molecular formula is C18H29N3O2S. The van der Waals surface area contributed by atoms with Crippen molar-refractivity contribution in [2.75, 3.05) is 26.2 Å². The number of carbonyl (C=O) groups excluding carboxylic acids is 2. The maximum atomic E-state index is 12.7. The summed E-state index contributed by atoms with van der Waals surface area (Å²) in [5, 5.41) is 1.04. The third-order valence-corrected chi connectivity index (χ3v) is 5.56. The van der Waals surface area contributed by atoms with Crippen LogP contribution < -0.4 is 0 Å². The van der Waals surface area contributed by atoms with E-state index in [0.29, 0.717) is 38.5 Å². The van der Waals surface area contributed by atoms with Gasteiger partial charge in [-0.3, -0.25) is 9.59 Å². The average Bonchev–Trinajstić information content (AvgIpc) is 2.93. The summed E-state index contributed by atoms with van der Waals surface area (Å²) in [4.78, 5) is 33.9. The maximum absolute atomic E-state index is 12.7. The van der Waals surface area contributed by atoms with Crippen LogP contribution in [0.3, 0.4) is 0 Å². The van der Waals surface area contributed by atoms with E-state index in [-0.39, 0.29) is 11.8 Å². The molecule has 0 N–H and O–H groups in total. The van der Waals surface area contributed by atoms with Crippen molar-refractivity contribution in [1.82, 2.24) is 14.8 Å². The molecule has 6 heteroatoms. The molecule has 1 aromatic rings. The molecule has 1 saturated heterocycles. The average molecular weight is 352 g/mol. The van der Waals surface area contributed by atoms with Gasteiger partial charge in [-0.25, -0.2) is 4.98 Å². The van der Waals surface area contributed by atoms with Crippen molar-refractivity contribution in [3.8, 4) is 0 Å². The molecule has 2 amide bonds. The molecule has 2 rings (SSSR count). The molecule has 0 atom stereocenters. The zero-order chi connectivity index (χ0) is 17.7. The van der Waals surface area contributed by atoms with E-state index in [1.807, 2.05) is 16.7 Å². The third-order valence-electron chi connectivity index (χ3n) is 4.35. The van der Waals surface area contributed by atoms with Gasteiger partial charge in [0.15, 0.2) is 0 Å². The zero-order valence-electron chi connectivity index (χ0n) is 15.3. The van der Waals surface area contributed by atoms with Crippen LogP contribution in [0.2, 0.25) is 0 Å². The predicted octanol–water partition coefficient (Wildman–Crippen LogP) is 3.12. The first-order chi connectivity index (χ1) is 11.4. The fourth-order valence-corrected chi connectivity index (χ4v) is 3.98. The van der Waals surface area contributed by atoms with E-state index in [9.17, 15) is 9.59 Å². The van der Waals surface area contributed by atoms with Crippen molar-refractivity contribution in [1.29, 1.82) is 0 Å². The quantitative estimate of drug-likeness (QED) is 0.791. The first kappa shape index (κ1) is 18.9. The highest BCUT2D eigenvalue weighted by atomic mass is 32.1. The molecule has 1 fully saturated rings. The molecule has 24 heavy (non-hydrogen) atoms. The summed E-state index contributed by atoms with van der Waals surface area (Å²) in [5.74, 6) is 0.833. The lowest BCUT2D eigenvalue weighted by molar-refractivity contribution is -0.132. The topological polar surface area (TPSA) is 53.5 Å². The molecule has 0 saturated carbocycles. The molecule has 0 bridgehead atoms. The highest BCUT2D eigenvalue weighted by molar-refractivity contribution is 7.13. The van der Waals surface area contributed by atoms with E-state index in [0.717, 1.165) is 34.8 Å². The minimum Gasteiger partial charge on any atom is -0.339 e. The lowest BCUT2D eigenvalue weighted by Gasteiger charge is -2.34. The third kappa shape index (κ3) is 4.79. The normalized spacial score (nSPS) is 15.2. The Morgan fingerprint density at radius 2 is 1.79 bits per heavy atom. The summed E-state index contributed by atoms with van der Waals surface area (Å²) < 4.78 is 0. The summed E-state index contributed by atoms with van der Waals surface area (Å²) in [6.45, 7) is 10.8. The van der Waals surface area contributed by atoms with Gasteiger partial charge in [-0.1, -0.05) is 20.8 Å². The number of piperazine rings is 1. The number of rotatable bonds is 6. The van der Waals surface area contributed by atoms with Gasteiger partial charge in [-0.2, -0.15) is 0 Å². The van der Waals surface area contributed by atoms with Gasteiger partial charge in [0.2, 0.25) is 5.91 Å². The van der Waals surface area contributed by atoms with Crippen LogP contribution in [0.4, 0.5) is 0 Å². The Balaban J connectivity index is 1.89. The summed E-state index contributed by atoms with van der Waals surface area (Å²) in [5.41, 5.74) is 0.837. The largest absolute Gasteiger partial charge is 0.339 e. The van der Waals surface area contributed by atoms with Crippen LogP contribution >= 0.6 is 11.3 Å². The summed E-state index contributed by atoms with van der Waals surface area (Å²) in [7, 11) is 0. The van der Waals surface area contributed by atoms with Gasteiger partial charge in [-0.05, 0) is 32.1 Å². The van der Waals surface area contributed by atoms with E-state index in [1.54, 1.807) is 0 Å². The first-order valence-electron chi connectivity index (χ1n) is 8.95. The molecule has 0 spiro atoms. The zero-order valence-corrected chi connectivity index (χ0v) is 16.1. The first-order valence-corrected chi connectivity index (χ1v) is 9.77. The Kier molecular flexibility index (Phi) is 6.78. The van der Waals surface area contributed by atoms with Crippen molar-refractivity contribution in [2.45, 2.75) is 53.4 Å². The van der Waals surface area contributed by atoms with E-state index in [2.05, 4.69) is 25.8 Å².